The van der Waals surface area contributed by atoms with Crippen LogP contribution in [0.5, 0.6) is 0 Å². The van der Waals surface area contributed by atoms with Gasteiger partial charge < -0.3 is 19.2 Å². The van der Waals surface area contributed by atoms with E-state index in [0.717, 1.165) is 28.3 Å². The molecule has 16 heteroatoms. The number of anilines is 1. The topological polar surface area (TPSA) is 185 Å². The van der Waals surface area contributed by atoms with Crippen LogP contribution in [0.3, 0.4) is 0 Å². The first kappa shape index (κ1) is 46.2. The smallest absolute Gasteiger partial charge is 0.333 e. The van der Waals surface area contributed by atoms with Crippen LogP contribution in [0.15, 0.2) is 82.3 Å². The molecule has 1 fully saturated rings. The van der Waals surface area contributed by atoms with E-state index in [1.165, 1.54) is 43.9 Å². The van der Waals surface area contributed by atoms with Crippen LogP contribution in [0.1, 0.15) is 98.1 Å². The summed E-state index contributed by atoms with van der Waals surface area (Å²) in [6, 6.07) is 8.89. The zero-order valence-corrected chi connectivity index (χ0v) is 36.3. The second kappa shape index (κ2) is 18.6. The Bertz CT molecular complexity index is 2230. The van der Waals surface area contributed by atoms with E-state index in [4.69, 9.17) is 4.84 Å². The quantitative estimate of drug-likeness (QED) is 0.0710. The maximum atomic E-state index is 12.2. The lowest BCUT2D eigenvalue weighted by Gasteiger charge is -2.27. The van der Waals surface area contributed by atoms with Gasteiger partial charge in [0.25, 0.3) is 21.9 Å². The fourth-order valence-electron chi connectivity index (χ4n) is 7.58. The van der Waals surface area contributed by atoms with Crippen LogP contribution in [-0.4, -0.2) is 97.2 Å². The molecule has 0 aromatic heterocycles. The highest BCUT2D eigenvalue weighted by atomic mass is 32.2. The van der Waals surface area contributed by atoms with Gasteiger partial charge in [-0.2, -0.15) is 13.0 Å². The van der Waals surface area contributed by atoms with Gasteiger partial charge in [0.15, 0.2) is 5.71 Å². The van der Waals surface area contributed by atoms with Crippen molar-refractivity contribution in [3.63, 3.8) is 0 Å². The van der Waals surface area contributed by atoms with Gasteiger partial charge in [0.2, 0.25) is 5.69 Å². The molecule has 14 nitrogen and oxygen atoms in total. The summed E-state index contributed by atoms with van der Waals surface area (Å²) in [4.78, 5) is 44.6. The first-order valence-electron chi connectivity index (χ1n) is 19.5. The van der Waals surface area contributed by atoms with Crippen LogP contribution in [-0.2, 0) is 50.3 Å². The van der Waals surface area contributed by atoms with Crippen molar-refractivity contribution in [2.75, 3.05) is 38.1 Å². The van der Waals surface area contributed by atoms with Crippen molar-refractivity contribution in [3.8, 4) is 0 Å². The fraction of sp³-hybridized carbons (Fsp3) is 0.476. The molecule has 3 aliphatic rings. The molecule has 0 saturated carbocycles. The zero-order chi connectivity index (χ0) is 43.2. The Kier molecular flexibility index (Phi) is 14.8. The number of nitrogens with zero attached hydrogens (tertiary/aromatic N) is 4. The Balaban J connectivity index is 0.000000973. The maximum Gasteiger partial charge on any atom is 0.333 e. The van der Waals surface area contributed by atoms with Crippen molar-refractivity contribution in [1.29, 1.82) is 0 Å². The average Bonchev–Trinajstić information content (AvgIpc) is 3.66. The summed E-state index contributed by atoms with van der Waals surface area (Å²) < 4.78 is 70.7. The van der Waals surface area contributed by atoms with E-state index in [1.54, 1.807) is 12.1 Å². The third kappa shape index (κ3) is 10.4. The van der Waals surface area contributed by atoms with Crippen molar-refractivity contribution in [3.05, 3.63) is 83.6 Å². The summed E-state index contributed by atoms with van der Waals surface area (Å²) in [5, 5.41) is 0.536. The van der Waals surface area contributed by atoms with E-state index in [2.05, 4.69) is 30.6 Å². The minimum absolute atomic E-state index is 0.0236. The van der Waals surface area contributed by atoms with Gasteiger partial charge in [0.05, 0.1) is 15.2 Å². The number of hydrogen-bond acceptors (Lipinski definition) is 11. The molecule has 3 aliphatic heterocycles. The first-order chi connectivity index (χ1) is 27.1. The Morgan fingerprint density at radius 1 is 0.862 bits per heavy atom. The predicted molar refractivity (Wildman–Crippen MR) is 220 cm³/mol. The van der Waals surface area contributed by atoms with Gasteiger partial charge in [-0.1, -0.05) is 59.3 Å². The number of allylic oxidation sites excluding steroid dienone is 6. The minimum Gasteiger partial charge on any atom is -0.744 e. The number of unbranched alkanes of at least 4 members (excludes halogenated alkanes) is 2. The summed E-state index contributed by atoms with van der Waals surface area (Å²) in [6.07, 6.45) is 11.2. The Labute approximate surface area is 343 Å². The molecule has 5 rings (SSSR count). The molecule has 0 aliphatic carbocycles. The van der Waals surface area contributed by atoms with Gasteiger partial charge in [-0.25, -0.2) is 13.2 Å². The molecule has 2 aromatic rings. The summed E-state index contributed by atoms with van der Waals surface area (Å²) in [5.41, 5.74) is 3.59. The van der Waals surface area contributed by atoms with Crippen molar-refractivity contribution in [2.45, 2.75) is 108 Å². The number of benzene rings is 2. The fourth-order valence-corrected chi connectivity index (χ4v) is 8.58. The molecule has 2 amide bonds. The maximum absolute atomic E-state index is 12.2. The van der Waals surface area contributed by atoms with Gasteiger partial charge in [0.1, 0.15) is 17.2 Å². The Hall–Kier alpha value is -4.48. The van der Waals surface area contributed by atoms with Crippen molar-refractivity contribution >= 4 is 55.1 Å². The largest absolute Gasteiger partial charge is 0.744 e. The molecule has 2 aromatic carbocycles. The van der Waals surface area contributed by atoms with Gasteiger partial charge in [0, 0.05) is 60.3 Å². The lowest BCUT2D eigenvalue weighted by atomic mass is 9.81. The summed E-state index contributed by atoms with van der Waals surface area (Å²) in [7, 11) is -7.16. The number of amides is 2. The molecule has 1 saturated heterocycles. The minimum atomic E-state index is -4.68. The average molecular weight is 841 g/mol. The normalized spacial score (nSPS) is 18.2. The second-order valence-corrected chi connectivity index (χ2v) is 18.2. The van der Waals surface area contributed by atoms with Crippen LogP contribution in [0.4, 0.5) is 11.4 Å². The van der Waals surface area contributed by atoms with E-state index < -0.39 is 48.8 Å². The van der Waals surface area contributed by atoms with Crippen LogP contribution >= 0.6 is 0 Å². The molecule has 0 atom stereocenters. The number of imide groups is 1. The van der Waals surface area contributed by atoms with Crippen molar-refractivity contribution in [2.24, 2.45) is 0 Å². The third-order valence-electron chi connectivity index (χ3n) is 11.0. The number of carbonyl (C=O) groups excluding carboxylic acids is 3. The monoisotopic (exact) mass is 840 g/mol. The summed E-state index contributed by atoms with van der Waals surface area (Å²) in [6.45, 7) is 18.5. The Morgan fingerprint density at radius 3 is 2.03 bits per heavy atom. The number of hydroxylamine groups is 2. The number of hydrogen-bond donors (Lipinski definition) is 1. The van der Waals surface area contributed by atoms with Crippen LogP contribution < -0.4 is 4.90 Å². The molecule has 0 unspecified atom stereocenters. The number of rotatable bonds is 15. The highest BCUT2D eigenvalue weighted by molar-refractivity contribution is 7.86. The summed E-state index contributed by atoms with van der Waals surface area (Å²) in [5.74, 6) is -1.72. The van der Waals surface area contributed by atoms with Gasteiger partial charge in [-0.3, -0.25) is 14.1 Å². The lowest BCUT2D eigenvalue weighted by Crippen LogP contribution is -2.32. The van der Waals surface area contributed by atoms with E-state index in [-0.39, 0.29) is 29.1 Å². The third-order valence-corrected chi connectivity index (χ3v) is 12.7. The zero-order valence-electron chi connectivity index (χ0n) is 34.6. The van der Waals surface area contributed by atoms with E-state index >= 15 is 0 Å². The highest BCUT2D eigenvalue weighted by Crippen LogP contribution is 2.48. The Morgan fingerprint density at radius 2 is 1.47 bits per heavy atom. The van der Waals surface area contributed by atoms with E-state index in [1.807, 2.05) is 69.7 Å². The predicted octanol–water partition coefficient (Wildman–Crippen LogP) is 6.15. The summed E-state index contributed by atoms with van der Waals surface area (Å²) >= 11 is 0. The molecule has 0 bridgehead atoms. The van der Waals surface area contributed by atoms with Crippen molar-refractivity contribution in [1.82, 2.24) is 9.96 Å². The number of fused-ring (bicyclic) bond motifs is 2. The molecule has 1 N–H and O–H groups in total. The van der Waals surface area contributed by atoms with Gasteiger partial charge in [-0.05, 0) is 88.3 Å². The van der Waals surface area contributed by atoms with Crippen LogP contribution in [0.25, 0.3) is 0 Å². The van der Waals surface area contributed by atoms with Crippen molar-refractivity contribution < 1.29 is 49.7 Å². The molecule has 316 valence electrons. The molecule has 58 heavy (non-hydrogen) atoms. The van der Waals surface area contributed by atoms with E-state index in [0.29, 0.717) is 36.4 Å². The standard InChI is InChI=1S/C36H41N3O10S2.C6H15N/c1-35(2)26-22-24(50(43,44)45)15-17-28(26)37(5)30(35)12-8-6-9-13-31-36(3,4)27-23-25(51(46,47)48)16-18-29(27)38(31)21-11-7-10-14-34(42)49-39-32(40)19-20-33(39)41;1-4-7(5-2)6-3/h6,8-9,12-13,15-18,22-23H,7,10-11,14,19-21H2,1-5H3,(H-,43,44,45,46,47,48);4-6H2,1-3H3. The SMILES string of the molecule is CCN(CC)CC.C[N+]1=C(/C=C/C=C/C=C2\N(CCCCCC(=O)ON3C(=O)CCC3=O)c3ccc(S(=O)(=O)[O-])cc3C2(C)C)C(C)(C)c2cc(S(=O)(=O)O)ccc21. The molecule has 3 heterocycles. The second-order valence-electron chi connectivity index (χ2n) is 15.4. The van der Waals surface area contributed by atoms with Crippen LogP contribution in [0.2, 0.25) is 0 Å². The van der Waals surface area contributed by atoms with Gasteiger partial charge >= 0.3 is 5.97 Å². The molecular weight excluding hydrogens is 785 g/mol. The molecule has 0 radical (unpaired) electrons. The first-order valence-corrected chi connectivity index (χ1v) is 22.4. The van der Waals surface area contributed by atoms with Gasteiger partial charge in [-0.15, -0.1) is 5.06 Å². The van der Waals surface area contributed by atoms with Crippen LogP contribution in [0, 0.1) is 0 Å². The molecular formula is C42H56N4O10S2. The highest BCUT2D eigenvalue weighted by Gasteiger charge is 2.44. The lowest BCUT2D eigenvalue weighted by molar-refractivity contribution is -0.401. The molecule has 0 spiro atoms. The van der Waals surface area contributed by atoms with E-state index in [9.17, 15) is 40.3 Å². The number of carbonyl (C=O) groups is 3.